The standard InChI is InChI=1S/C9H12ClNO2/c1-3-13-9(12)11-5-4-8(10)6-7(11)2/h4-7H,3H2,1-2H3. The zero-order valence-electron chi connectivity index (χ0n) is 7.66. The minimum absolute atomic E-state index is 0.0449. The van der Waals surface area contributed by atoms with Crippen LogP contribution in [0.1, 0.15) is 13.8 Å². The van der Waals surface area contributed by atoms with Gasteiger partial charge in [0.05, 0.1) is 12.6 Å². The third kappa shape index (κ3) is 2.49. The first kappa shape index (κ1) is 10.1. The zero-order valence-corrected chi connectivity index (χ0v) is 8.41. The summed E-state index contributed by atoms with van der Waals surface area (Å²) in [6.07, 6.45) is 4.74. The molecule has 1 rings (SSSR count). The molecule has 1 unspecified atom stereocenters. The Kier molecular flexibility index (Phi) is 3.37. The maximum atomic E-state index is 11.3. The first-order valence-corrected chi connectivity index (χ1v) is 4.53. The lowest BCUT2D eigenvalue weighted by atomic mass is 10.2. The van der Waals surface area contributed by atoms with E-state index in [1.54, 1.807) is 25.3 Å². The Morgan fingerprint density at radius 1 is 1.77 bits per heavy atom. The first-order valence-electron chi connectivity index (χ1n) is 4.15. The Balaban J connectivity index is 2.64. The molecule has 3 nitrogen and oxygen atoms in total. The molecule has 72 valence electrons. The van der Waals surface area contributed by atoms with Crippen LogP contribution in [0, 0.1) is 0 Å². The maximum Gasteiger partial charge on any atom is 0.414 e. The molecule has 1 heterocycles. The van der Waals surface area contributed by atoms with Crippen LogP contribution >= 0.6 is 11.6 Å². The number of carbonyl (C=O) groups excluding carboxylic acids is 1. The largest absolute Gasteiger partial charge is 0.449 e. The normalized spacial score (nSPS) is 21.3. The van der Waals surface area contributed by atoms with Crippen molar-refractivity contribution in [1.29, 1.82) is 0 Å². The van der Waals surface area contributed by atoms with Gasteiger partial charge >= 0.3 is 6.09 Å². The van der Waals surface area contributed by atoms with Crippen molar-refractivity contribution in [2.24, 2.45) is 0 Å². The molecule has 1 aliphatic rings. The SMILES string of the molecule is CCOC(=O)N1C=CC(Cl)=CC1C. The molecule has 0 fully saturated rings. The van der Waals surface area contributed by atoms with Gasteiger partial charge in [-0.05, 0) is 26.0 Å². The van der Waals surface area contributed by atoms with Gasteiger partial charge in [-0.15, -0.1) is 0 Å². The van der Waals surface area contributed by atoms with Crippen LogP contribution in [-0.4, -0.2) is 23.6 Å². The molecular formula is C9H12ClNO2. The fraction of sp³-hybridized carbons (Fsp3) is 0.444. The average Bonchev–Trinajstić information content (AvgIpc) is 2.04. The highest BCUT2D eigenvalue weighted by molar-refractivity contribution is 6.31. The van der Waals surface area contributed by atoms with E-state index in [4.69, 9.17) is 16.3 Å². The van der Waals surface area contributed by atoms with Gasteiger partial charge in [-0.1, -0.05) is 11.6 Å². The third-order valence-electron chi connectivity index (χ3n) is 1.71. The van der Waals surface area contributed by atoms with Crippen molar-refractivity contribution in [3.8, 4) is 0 Å². The van der Waals surface area contributed by atoms with E-state index in [0.717, 1.165) is 0 Å². The van der Waals surface area contributed by atoms with Crippen molar-refractivity contribution < 1.29 is 9.53 Å². The number of allylic oxidation sites excluding steroid dienone is 2. The van der Waals surface area contributed by atoms with E-state index < -0.39 is 0 Å². The Morgan fingerprint density at radius 3 is 3.00 bits per heavy atom. The van der Waals surface area contributed by atoms with E-state index in [9.17, 15) is 4.79 Å². The minimum Gasteiger partial charge on any atom is -0.449 e. The summed E-state index contributed by atoms with van der Waals surface area (Å²) in [4.78, 5) is 12.8. The van der Waals surface area contributed by atoms with Gasteiger partial charge in [0, 0.05) is 11.2 Å². The average molecular weight is 202 g/mol. The van der Waals surface area contributed by atoms with Crippen LogP contribution in [-0.2, 0) is 4.74 Å². The highest BCUT2D eigenvalue weighted by atomic mass is 35.5. The summed E-state index contributed by atoms with van der Waals surface area (Å²) in [5.74, 6) is 0. The van der Waals surface area contributed by atoms with E-state index in [2.05, 4.69) is 0 Å². The van der Waals surface area contributed by atoms with Gasteiger partial charge in [0.2, 0.25) is 0 Å². The molecule has 0 spiro atoms. The lowest BCUT2D eigenvalue weighted by Gasteiger charge is -2.25. The summed E-state index contributed by atoms with van der Waals surface area (Å²) >= 11 is 5.75. The molecule has 0 bridgehead atoms. The van der Waals surface area contributed by atoms with Gasteiger partial charge in [-0.2, -0.15) is 0 Å². The van der Waals surface area contributed by atoms with E-state index >= 15 is 0 Å². The lowest BCUT2D eigenvalue weighted by Crippen LogP contribution is -2.34. The highest BCUT2D eigenvalue weighted by Crippen LogP contribution is 2.16. The van der Waals surface area contributed by atoms with Crippen LogP contribution in [0.3, 0.4) is 0 Å². The van der Waals surface area contributed by atoms with Gasteiger partial charge in [0.25, 0.3) is 0 Å². The molecule has 0 aromatic carbocycles. The molecule has 1 aliphatic heterocycles. The predicted molar refractivity (Wildman–Crippen MR) is 51.4 cm³/mol. The fourth-order valence-electron chi connectivity index (χ4n) is 1.08. The van der Waals surface area contributed by atoms with Gasteiger partial charge in [-0.3, -0.25) is 4.90 Å². The molecule has 0 aliphatic carbocycles. The number of amides is 1. The number of rotatable bonds is 1. The summed E-state index contributed by atoms with van der Waals surface area (Å²) in [5.41, 5.74) is 0. The molecule has 1 atom stereocenters. The minimum atomic E-state index is -0.341. The third-order valence-corrected chi connectivity index (χ3v) is 1.96. The van der Waals surface area contributed by atoms with Gasteiger partial charge in [0.15, 0.2) is 0 Å². The van der Waals surface area contributed by atoms with E-state index in [1.165, 1.54) is 4.90 Å². The maximum absolute atomic E-state index is 11.3. The number of nitrogens with zero attached hydrogens (tertiary/aromatic N) is 1. The molecule has 1 amide bonds. The van der Waals surface area contributed by atoms with Gasteiger partial charge < -0.3 is 4.74 Å². The molecule has 0 aromatic rings. The number of hydrogen-bond acceptors (Lipinski definition) is 2. The molecule has 0 saturated heterocycles. The van der Waals surface area contributed by atoms with Crippen LogP contribution in [0.4, 0.5) is 4.79 Å². The number of halogens is 1. The molecule has 0 N–H and O–H groups in total. The Morgan fingerprint density at radius 2 is 2.46 bits per heavy atom. The van der Waals surface area contributed by atoms with Crippen molar-refractivity contribution in [2.75, 3.05) is 6.61 Å². The number of carbonyl (C=O) groups is 1. The quantitative estimate of drug-likeness (QED) is 0.653. The van der Waals surface area contributed by atoms with Crippen LogP contribution in [0.2, 0.25) is 0 Å². The second-order valence-electron chi connectivity index (χ2n) is 2.71. The lowest BCUT2D eigenvalue weighted by molar-refractivity contribution is 0.117. The van der Waals surface area contributed by atoms with Crippen molar-refractivity contribution >= 4 is 17.7 Å². The topological polar surface area (TPSA) is 29.5 Å². The summed E-state index contributed by atoms with van der Waals surface area (Å²) < 4.78 is 4.85. The van der Waals surface area contributed by atoms with Crippen LogP contribution < -0.4 is 0 Å². The summed E-state index contributed by atoms with van der Waals surface area (Å²) in [5, 5.41) is 0.646. The zero-order chi connectivity index (χ0) is 9.84. The van der Waals surface area contributed by atoms with Crippen LogP contribution in [0.25, 0.3) is 0 Å². The van der Waals surface area contributed by atoms with E-state index in [1.807, 2.05) is 6.92 Å². The monoisotopic (exact) mass is 201 g/mol. The van der Waals surface area contributed by atoms with Crippen molar-refractivity contribution in [1.82, 2.24) is 4.90 Å². The highest BCUT2D eigenvalue weighted by Gasteiger charge is 2.19. The Bertz CT molecular complexity index is 260. The molecule has 0 saturated carbocycles. The first-order chi connectivity index (χ1) is 6.15. The second kappa shape index (κ2) is 4.33. The van der Waals surface area contributed by atoms with Crippen molar-refractivity contribution in [2.45, 2.75) is 19.9 Å². The fourth-order valence-corrected chi connectivity index (χ4v) is 1.32. The number of hydrogen-bond donors (Lipinski definition) is 0. The van der Waals surface area contributed by atoms with Crippen LogP contribution in [0.15, 0.2) is 23.4 Å². The molecule has 4 heteroatoms. The predicted octanol–water partition coefficient (Wildman–Crippen LogP) is 2.48. The molecular weight excluding hydrogens is 190 g/mol. The van der Waals surface area contributed by atoms with E-state index in [0.29, 0.717) is 11.6 Å². The molecule has 0 aromatic heterocycles. The molecule has 0 radical (unpaired) electrons. The van der Waals surface area contributed by atoms with Crippen LogP contribution in [0.5, 0.6) is 0 Å². The van der Waals surface area contributed by atoms with Crippen molar-refractivity contribution in [3.05, 3.63) is 23.4 Å². The van der Waals surface area contributed by atoms with Crippen molar-refractivity contribution in [3.63, 3.8) is 0 Å². The summed E-state index contributed by atoms with van der Waals surface area (Å²) in [7, 11) is 0. The summed E-state index contributed by atoms with van der Waals surface area (Å²) in [6, 6.07) is -0.0449. The van der Waals surface area contributed by atoms with Gasteiger partial charge in [-0.25, -0.2) is 4.79 Å². The smallest absolute Gasteiger partial charge is 0.414 e. The second-order valence-corrected chi connectivity index (χ2v) is 3.15. The van der Waals surface area contributed by atoms with E-state index in [-0.39, 0.29) is 12.1 Å². The Labute approximate surface area is 82.6 Å². The van der Waals surface area contributed by atoms with Gasteiger partial charge in [0.1, 0.15) is 0 Å². The Hall–Kier alpha value is -0.960. The summed E-state index contributed by atoms with van der Waals surface area (Å²) in [6.45, 7) is 4.04. The molecule has 13 heavy (non-hydrogen) atoms. The number of ether oxygens (including phenoxy) is 1.